The molecule has 0 aromatic carbocycles. The van der Waals surface area contributed by atoms with Gasteiger partial charge < -0.3 is 9.88 Å². The largest absolute Gasteiger partial charge is 0.363 e. The summed E-state index contributed by atoms with van der Waals surface area (Å²) in [5.74, 6) is 0. The number of hydrogen-bond acceptors (Lipinski definition) is 5. The minimum Gasteiger partial charge on any atom is -0.363 e. The van der Waals surface area contributed by atoms with E-state index in [1.807, 2.05) is 6.92 Å². The number of thiophene rings is 1. The van der Waals surface area contributed by atoms with Crippen molar-refractivity contribution in [1.82, 2.24) is 9.97 Å². The van der Waals surface area contributed by atoms with Gasteiger partial charge in [0.1, 0.15) is 10.4 Å². The number of hydrogen-bond donors (Lipinski definition) is 1. The third-order valence-corrected chi connectivity index (χ3v) is 5.73. The molecule has 0 spiro atoms. The lowest BCUT2D eigenvalue weighted by molar-refractivity contribution is 0.949. The zero-order chi connectivity index (χ0) is 18.0. The first-order chi connectivity index (χ1) is 12.1. The summed E-state index contributed by atoms with van der Waals surface area (Å²) in [5.41, 5.74) is 2.49. The van der Waals surface area contributed by atoms with Crippen LogP contribution < -0.4 is 10.5 Å². The highest BCUT2D eigenvalue weighted by Gasteiger charge is 2.23. The lowest BCUT2D eigenvalue weighted by Gasteiger charge is -2.14. The third-order valence-electron chi connectivity index (χ3n) is 4.41. The lowest BCUT2D eigenvalue weighted by Crippen LogP contribution is -2.18. The molecule has 0 amide bonds. The van der Waals surface area contributed by atoms with Gasteiger partial charge in [-0.25, -0.2) is 4.98 Å². The van der Waals surface area contributed by atoms with Crippen LogP contribution in [-0.2, 0) is 0 Å². The number of allylic oxidation sites excluding steroid dienone is 4. The van der Waals surface area contributed by atoms with Gasteiger partial charge >= 0.3 is 0 Å². The molecule has 128 valence electrons. The van der Waals surface area contributed by atoms with Gasteiger partial charge in [0.05, 0.1) is 28.4 Å². The van der Waals surface area contributed by atoms with E-state index in [4.69, 9.17) is 0 Å². The van der Waals surface area contributed by atoms with E-state index in [-0.39, 0.29) is 5.56 Å². The van der Waals surface area contributed by atoms with Crippen molar-refractivity contribution in [2.45, 2.75) is 26.2 Å². The molecule has 3 rings (SSSR count). The van der Waals surface area contributed by atoms with Crippen LogP contribution in [0.4, 0.5) is 5.00 Å². The van der Waals surface area contributed by atoms with Crippen LogP contribution in [0.25, 0.3) is 16.5 Å². The van der Waals surface area contributed by atoms with Crippen LogP contribution in [0.3, 0.4) is 0 Å². The van der Waals surface area contributed by atoms with Crippen molar-refractivity contribution < 1.29 is 0 Å². The molecule has 5 nitrogen and oxygen atoms in total. The molecule has 0 saturated carbocycles. The number of nitrogens with zero attached hydrogens (tertiary/aromatic N) is 3. The van der Waals surface area contributed by atoms with E-state index < -0.39 is 0 Å². The second kappa shape index (κ2) is 7.08. The average molecular weight is 352 g/mol. The van der Waals surface area contributed by atoms with Crippen molar-refractivity contribution in [3.8, 4) is 6.07 Å². The van der Waals surface area contributed by atoms with Gasteiger partial charge in [0, 0.05) is 13.1 Å². The maximum absolute atomic E-state index is 12.4. The Bertz CT molecular complexity index is 967. The van der Waals surface area contributed by atoms with Crippen LogP contribution in [0.1, 0.15) is 31.1 Å². The van der Waals surface area contributed by atoms with Crippen molar-refractivity contribution in [3.63, 3.8) is 0 Å². The topological polar surface area (TPSA) is 72.8 Å². The number of anilines is 1. The van der Waals surface area contributed by atoms with E-state index in [1.54, 1.807) is 6.08 Å². The Morgan fingerprint density at radius 2 is 2.20 bits per heavy atom. The Labute approximate surface area is 150 Å². The van der Waals surface area contributed by atoms with Gasteiger partial charge in [-0.2, -0.15) is 5.26 Å². The summed E-state index contributed by atoms with van der Waals surface area (Å²) in [5, 5.41) is 10.9. The van der Waals surface area contributed by atoms with E-state index in [9.17, 15) is 10.1 Å². The van der Waals surface area contributed by atoms with E-state index in [2.05, 4.69) is 34.1 Å². The zero-order valence-electron chi connectivity index (χ0n) is 14.3. The summed E-state index contributed by atoms with van der Waals surface area (Å²) >= 11 is 1.52. The molecule has 1 saturated heterocycles. The van der Waals surface area contributed by atoms with E-state index >= 15 is 0 Å². The van der Waals surface area contributed by atoms with E-state index in [1.165, 1.54) is 17.7 Å². The van der Waals surface area contributed by atoms with Gasteiger partial charge in [-0.3, -0.25) is 4.79 Å². The number of H-pyrrole nitrogens is 1. The minimum atomic E-state index is -0.135. The highest BCUT2D eigenvalue weighted by atomic mass is 32.1. The third kappa shape index (κ3) is 3.15. The van der Waals surface area contributed by atoms with Gasteiger partial charge in [0.2, 0.25) is 0 Å². The number of fused-ring (bicyclic) bond motifs is 1. The second-order valence-electron chi connectivity index (χ2n) is 6.04. The lowest BCUT2D eigenvalue weighted by atomic mass is 10.0. The Morgan fingerprint density at radius 1 is 1.48 bits per heavy atom. The molecule has 0 unspecified atom stereocenters. The van der Waals surface area contributed by atoms with Crippen LogP contribution in [0.2, 0.25) is 0 Å². The normalized spacial score (nSPS) is 14.7. The summed E-state index contributed by atoms with van der Waals surface area (Å²) in [6.07, 6.45) is 6.12. The van der Waals surface area contributed by atoms with Crippen LogP contribution in [0.15, 0.2) is 41.5 Å². The molecule has 1 aliphatic rings. The number of aromatic nitrogens is 2. The van der Waals surface area contributed by atoms with Crippen molar-refractivity contribution in [1.29, 1.82) is 5.26 Å². The van der Waals surface area contributed by atoms with Crippen molar-refractivity contribution in [3.05, 3.63) is 51.9 Å². The van der Waals surface area contributed by atoms with Gasteiger partial charge in [-0.05, 0) is 36.5 Å². The fourth-order valence-electron chi connectivity index (χ4n) is 2.97. The van der Waals surface area contributed by atoms with E-state index in [0.29, 0.717) is 28.5 Å². The number of nitriles is 1. The predicted molar refractivity (Wildman–Crippen MR) is 104 cm³/mol. The summed E-state index contributed by atoms with van der Waals surface area (Å²) in [7, 11) is 0. The minimum absolute atomic E-state index is 0.135. The molecular formula is C19H20N4OS. The molecule has 25 heavy (non-hydrogen) atoms. The standard InChI is InChI=1S/C19H20N4OS/c1-4-12(2)14(10-20)9-13(3)17-16-15(18(24)22-11-21-16)19(25-17)23-7-5-6-8-23/h9,11H,2-8H2,1H3,(H,21,22,24). The molecule has 2 aromatic heterocycles. The molecule has 1 fully saturated rings. The van der Waals surface area contributed by atoms with Gasteiger partial charge in [0.15, 0.2) is 0 Å². The maximum Gasteiger partial charge on any atom is 0.261 e. The number of rotatable bonds is 5. The van der Waals surface area contributed by atoms with Crippen LogP contribution >= 0.6 is 11.3 Å². The Morgan fingerprint density at radius 3 is 2.84 bits per heavy atom. The summed E-state index contributed by atoms with van der Waals surface area (Å²) < 4.78 is 0. The first kappa shape index (κ1) is 17.2. The fourth-order valence-corrected chi connectivity index (χ4v) is 4.21. The Kier molecular flexibility index (Phi) is 4.86. The SMILES string of the molecule is C=C(CC)C(C#N)=CC(=C)c1sc(N2CCCC2)c2c(=O)[nH]cnc12. The second-order valence-corrected chi connectivity index (χ2v) is 7.04. The van der Waals surface area contributed by atoms with Gasteiger partial charge in [0.25, 0.3) is 5.56 Å². The first-order valence-electron chi connectivity index (χ1n) is 8.31. The molecule has 0 bridgehead atoms. The molecule has 0 atom stereocenters. The van der Waals surface area contributed by atoms with Crippen molar-refractivity contribution in [2.24, 2.45) is 0 Å². The monoisotopic (exact) mass is 352 g/mol. The Hall–Kier alpha value is -2.65. The van der Waals surface area contributed by atoms with Gasteiger partial charge in [-0.1, -0.05) is 20.1 Å². The van der Waals surface area contributed by atoms with Crippen LogP contribution in [0, 0.1) is 11.3 Å². The highest BCUT2D eigenvalue weighted by molar-refractivity contribution is 7.19. The van der Waals surface area contributed by atoms with Gasteiger partial charge in [-0.15, -0.1) is 11.3 Å². The summed E-state index contributed by atoms with van der Waals surface area (Å²) in [6.45, 7) is 11.9. The number of nitrogens with one attached hydrogen (secondary N) is 1. The molecular weight excluding hydrogens is 332 g/mol. The zero-order valence-corrected chi connectivity index (χ0v) is 15.1. The number of aromatic amines is 1. The average Bonchev–Trinajstić information content (AvgIpc) is 3.26. The van der Waals surface area contributed by atoms with Crippen LogP contribution in [-0.4, -0.2) is 23.1 Å². The molecule has 0 radical (unpaired) electrons. The molecule has 2 aromatic rings. The van der Waals surface area contributed by atoms with Crippen molar-refractivity contribution >= 4 is 32.8 Å². The summed E-state index contributed by atoms with van der Waals surface area (Å²) in [6, 6.07) is 2.18. The molecule has 6 heteroatoms. The smallest absolute Gasteiger partial charge is 0.261 e. The van der Waals surface area contributed by atoms with E-state index in [0.717, 1.165) is 41.4 Å². The van der Waals surface area contributed by atoms with Crippen LogP contribution in [0.5, 0.6) is 0 Å². The maximum atomic E-state index is 12.4. The van der Waals surface area contributed by atoms with Crippen molar-refractivity contribution in [2.75, 3.05) is 18.0 Å². The molecule has 0 aliphatic carbocycles. The summed E-state index contributed by atoms with van der Waals surface area (Å²) in [4.78, 5) is 22.5. The quantitative estimate of drug-likeness (QED) is 0.652. The molecule has 1 aliphatic heterocycles. The molecule has 3 heterocycles. The predicted octanol–water partition coefficient (Wildman–Crippen LogP) is 4.01. The Balaban J connectivity index is 2.14. The molecule has 1 N–H and O–H groups in total. The highest BCUT2D eigenvalue weighted by Crippen LogP contribution is 2.40. The fraction of sp³-hybridized carbons (Fsp3) is 0.316. The first-order valence-corrected chi connectivity index (χ1v) is 9.12.